The Morgan fingerprint density at radius 2 is 1.63 bits per heavy atom. The topological polar surface area (TPSA) is 106 Å². The molecule has 232 valence electrons. The van der Waals surface area contributed by atoms with E-state index in [1.165, 1.54) is 0 Å². The highest BCUT2D eigenvalue weighted by Gasteiger charge is 2.44. The van der Waals surface area contributed by atoms with Gasteiger partial charge in [0.25, 0.3) is 5.91 Å². The molecule has 2 fully saturated rings. The number of carbonyl (C=O) groups excluding carboxylic acids is 2. The molecule has 2 amide bonds. The average molecular weight is 622 g/mol. The summed E-state index contributed by atoms with van der Waals surface area (Å²) in [4.78, 5) is 30.5. The number of nitrogens with two attached hydrogens (primary N) is 1. The third kappa shape index (κ3) is 5.93. The Labute approximate surface area is 237 Å². The van der Waals surface area contributed by atoms with Gasteiger partial charge in [0.1, 0.15) is 18.0 Å². The number of nitrogen functional groups attached to an aromatic ring is 1. The lowest BCUT2D eigenvalue weighted by Gasteiger charge is -2.30. The first-order valence-electron chi connectivity index (χ1n) is 13.0. The number of likely N-dealkylation sites (tertiary alicyclic amines) is 1. The molecule has 3 N–H and O–H groups in total. The Bertz CT molecular complexity index is 1560. The van der Waals surface area contributed by atoms with Crippen LogP contribution in [-0.4, -0.2) is 62.5 Å². The van der Waals surface area contributed by atoms with Crippen LogP contribution in [0.3, 0.4) is 0 Å². The molecule has 0 unspecified atom stereocenters. The van der Waals surface area contributed by atoms with Gasteiger partial charge in [0, 0.05) is 30.9 Å². The molecule has 1 aliphatic heterocycles. The van der Waals surface area contributed by atoms with Crippen molar-refractivity contribution in [2.45, 2.75) is 56.2 Å². The van der Waals surface area contributed by atoms with E-state index < -0.39 is 102 Å². The van der Waals surface area contributed by atoms with Gasteiger partial charge in [0.05, 0.1) is 35.0 Å². The molecule has 0 spiro atoms. The fourth-order valence-corrected chi connectivity index (χ4v) is 5.50. The molecule has 0 bridgehead atoms. The number of alkyl halides is 9. The SMILES string of the molecule is Nc1ncnn2c(-c3ccc(C(F)(F)F)c(C(=O)N[C@@H]4CN(C(=O)C5CCC(F)(F)CC5)C[C@@H]4F)c3)cc(C(F)(F)F)c12. The van der Waals surface area contributed by atoms with Crippen molar-refractivity contribution in [1.29, 1.82) is 0 Å². The Hall–Kier alpha value is -4.05. The van der Waals surface area contributed by atoms with Gasteiger partial charge >= 0.3 is 12.4 Å². The number of nitrogens with one attached hydrogen (secondary N) is 1. The molecule has 2 atom stereocenters. The van der Waals surface area contributed by atoms with Gasteiger partial charge in [0.15, 0.2) is 5.82 Å². The molecule has 1 saturated heterocycles. The molecular weight excluding hydrogens is 599 g/mol. The van der Waals surface area contributed by atoms with Crippen molar-refractivity contribution in [2.24, 2.45) is 5.92 Å². The maximum Gasteiger partial charge on any atom is 0.418 e. The van der Waals surface area contributed by atoms with E-state index in [1.807, 2.05) is 0 Å². The minimum absolute atomic E-state index is 0.112. The molecule has 3 heterocycles. The molecule has 1 aliphatic carbocycles. The average Bonchev–Trinajstić information content (AvgIpc) is 3.49. The summed E-state index contributed by atoms with van der Waals surface area (Å²) in [5.74, 6) is -6.19. The highest BCUT2D eigenvalue weighted by Crippen LogP contribution is 2.41. The third-order valence-corrected chi connectivity index (χ3v) is 7.70. The van der Waals surface area contributed by atoms with Crippen molar-refractivity contribution in [3.63, 3.8) is 0 Å². The molecule has 3 aromatic rings. The lowest BCUT2D eigenvalue weighted by Crippen LogP contribution is -2.43. The van der Waals surface area contributed by atoms with Gasteiger partial charge < -0.3 is 16.0 Å². The van der Waals surface area contributed by atoms with Gasteiger partial charge in [-0.25, -0.2) is 22.7 Å². The zero-order chi connectivity index (χ0) is 31.5. The first-order valence-corrected chi connectivity index (χ1v) is 13.0. The van der Waals surface area contributed by atoms with Gasteiger partial charge in [-0.3, -0.25) is 9.59 Å². The Balaban J connectivity index is 1.43. The number of hydrogen-bond acceptors (Lipinski definition) is 5. The van der Waals surface area contributed by atoms with Gasteiger partial charge in [-0.05, 0) is 31.0 Å². The van der Waals surface area contributed by atoms with Crippen molar-refractivity contribution >= 4 is 23.1 Å². The number of hydrogen-bond donors (Lipinski definition) is 2. The normalized spacial score (nSPS) is 21.4. The van der Waals surface area contributed by atoms with E-state index >= 15 is 0 Å². The fraction of sp³-hybridized carbons (Fsp3) is 0.462. The summed E-state index contributed by atoms with van der Waals surface area (Å²) < 4.78 is 125. The van der Waals surface area contributed by atoms with Crippen LogP contribution in [0.1, 0.15) is 47.2 Å². The second-order valence-corrected chi connectivity index (χ2v) is 10.6. The number of halogens is 9. The van der Waals surface area contributed by atoms with Crippen LogP contribution in [0.5, 0.6) is 0 Å². The van der Waals surface area contributed by atoms with Crippen LogP contribution in [0.25, 0.3) is 16.8 Å². The van der Waals surface area contributed by atoms with Crippen LogP contribution in [0.15, 0.2) is 30.6 Å². The van der Waals surface area contributed by atoms with E-state index in [9.17, 15) is 49.1 Å². The first-order chi connectivity index (χ1) is 20.0. The number of fused-ring (bicyclic) bond motifs is 1. The number of benzene rings is 1. The molecule has 0 radical (unpaired) electrons. The van der Waals surface area contributed by atoms with E-state index in [1.54, 1.807) is 0 Å². The predicted molar refractivity (Wildman–Crippen MR) is 132 cm³/mol. The van der Waals surface area contributed by atoms with Crippen molar-refractivity contribution in [1.82, 2.24) is 24.8 Å². The van der Waals surface area contributed by atoms with E-state index in [0.29, 0.717) is 18.2 Å². The minimum atomic E-state index is -5.08. The van der Waals surface area contributed by atoms with E-state index in [4.69, 9.17) is 5.73 Å². The Kier molecular flexibility index (Phi) is 7.49. The predicted octanol–water partition coefficient (Wildman–Crippen LogP) is 5.12. The molecule has 1 aromatic carbocycles. The van der Waals surface area contributed by atoms with Crippen molar-refractivity contribution in [2.75, 3.05) is 18.8 Å². The van der Waals surface area contributed by atoms with Gasteiger partial charge in [-0.2, -0.15) is 31.4 Å². The molecule has 5 rings (SSSR count). The van der Waals surface area contributed by atoms with Crippen LogP contribution < -0.4 is 11.1 Å². The van der Waals surface area contributed by atoms with Crippen LogP contribution in [0.2, 0.25) is 0 Å². The first kappa shape index (κ1) is 30.4. The summed E-state index contributed by atoms with van der Waals surface area (Å²) in [6.45, 7) is -0.908. The second kappa shape index (κ2) is 10.6. The third-order valence-electron chi connectivity index (χ3n) is 7.70. The maximum atomic E-state index is 14.9. The largest absolute Gasteiger partial charge is 0.418 e. The number of anilines is 1. The van der Waals surface area contributed by atoms with Crippen LogP contribution in [0.4, 0.5) is 45.3 Å². The number of aromatic nitrogens is 3. The molecule has 2 aromatic heterocycles. The van der Waals surface area contributed by atoms with Gasteiger partial charge in [-0.1, -0.05) is 6.07 Å². The van der Waals surface area contributed by atoms with Crippen molar-refractivity contribution < 1.29 is 49.1 Å². The summed E-state index contributed by atoms with van der Waals surface area (Å²) in [6.07, 6.45) is -12.3. The molecule has 8 nitrogen and oxygen atoms in total. The summed E-state index contributed by atoms with van der Waals surface area (Å²) >= 11 is 0. The van der Waals surface area contributed by atoms with Crippen LogP contribution >= 0.6 is 0 Å². The highest BCUT2D eigenvalue weighted by atomic mass is 19.4. The Morgan fingerprint density at radius 3 is 2.26 bits per heavy atom. The monoisotopic (exact) mass is 622 g/mol. The number of carbonyl (C=O) groups is 2. The molecule has 1 saturated carbocycles. The molecular formula is C26H23F9N6O2. The molecule has 43 heavy (non-hydrogen) atoms. The Morgan fingerprint density at radius 1 is 0.977 bits per heavy atom. The minimum Gasteiger partial charge on any atom is -0.382 e. The number of rotatable bonds is 4. The quantitative estimate of drug-likeness (QED) is 0.393. The summed E-state index contributed by atoms with van der Waals surface area (Å²) in [5, 5.41) is 5.89. The van der Waals surface area contributed by atoms with Gasteiger partial charge in [-0.15, -0.1) is 0 Å². The molecule has 2 aliphatic rings. The highest BCUT2D eigenvalue weighted by molar-refractivity contribution is 5.97. The maximum absolute atomic E-state index is 14.9. The van der Waals surface area contributed by atoms with Crippen molar-refractivity contribution in [3.05, 3.63) is 47.3 Å². The van der Waals surface area contributed by atoms with E-state index in [0.717, 1.165) is 21.8 Å². The van der Waals surface area contributed by atoms with E-state index in [2.05, 4.69) is 15.4 Å². The van der Waals surface area contributed by atoms with Crippen LogP contribution in [-0.2, 0) is 17.1 Å². The lowest BCUT2D eigenvalue weighted by atomic mass is 9.86. The number of amides is 2. The van der Waals surface area contributed by atoms with E-state index in [-0.39, 0.29) is 24.1 Å². The molecule has 17 heteroatoms. The summed E-state index contributed by atoms with van der Waals surface area (Å²) in [6, 6.07) is 1.22. The van der Waals surface area contributed by atoms with Gasteiger partial charge in [0.2, 0.25) is 11.8 Å². The fourth-order valence-electron chi connectivity index (χ4n) is 5.50. The number of nitrogens with zero attached hydrogens (tertiary/aromatic N) is 4. The van der Waals surface area contributed by atoms with Crippen molar-refractivity contribution in [3.8, 4) is 11.3 Å². The summed E-state index contributed by atoms with van der Waals surface area (Å²) in [5.41, 5.74) is 0.645. The van der Waals surface area contributed by atoms with Crippen LogP contribution in [0, 0.1) is 5.92 Å². The zero-order valence-electron chi connectivity index (χ0n) is 21.9. The standard InChI is InChI=1S/C26H23F9N6O2/c27-17-9-40(23(43)12-3-5-24(28,29)6-4-12)10-18(17)39-22(42)14-7-13(1-2-15(14)25(30,31)32)19-8-16(26(33,34)35)20-21(36)37-11-38-41(19)20/h1-2,7-8,11-12,17-18H,3-6,9-10H2,(H,39,42)(H2,36,37,38)/t17-,18+/m0/s1. The second-order valence-electron chi connectivity index (χ2n) is 10.6. The zero-order valence-corrected chi connectivity index (χ0v) is 21.9. The smallest absolute Gasteiger partial charge is 0.382 e. The summed E-state index contributed by atoms with van der Waals surface area (Å²) in [7, 11) is 0. The lowest BCUT2D eigenvalue weighted by molar-refractivity contribution is -0.139.